The Kier molecular flexibility index (Phi) is 14.7. The smallest absolute Gasteiger partial charge is 0.316 e. The molecule has 262 valence electrons. The average molecular weight is 669 g/mol. The zero-order chi connectivity index (χ0) is 35.3. The number of nitrogens with two attached hydrogens (primary N) is 5. The summed E-state index contributed by atoms with van der Waals surface area (Å²) in [6.45, 7) is 0.648. The molecule has 2 aliphatic rings. The first-order valence-electron chi connectivity index (χ1n) is 14.6. The van der Waals surface area contributed by atoms with Crippen LogP contribution in [-0.4, -0.2) is 115 Å². The number of rotatable bonds is 9. The van der Waals surface area contributed by atoms with E-state index in [2.05, 4.69) is 42.2 Å². The van der Waals surface area contributed by atoms with E-state index < -0.39 is 103 Å². The number of aliphatic hydroxyl groups is 1. The molecule has 0 aromatic carbocycles. The highest BCUT2D eigenvalue weighted by Crippen LogP contribution is 2.11. The van der Waals surface area contributed by atoms with Crippen molar-refractivity contribution >= 4 is 47.4 Å². The highest BCUT2D eigenvalue weighted by Gasteiger charge is 2.37. The number of urea groups is 1. The van der Waals surface area contributed by atoms with Crippen LogP contribution in [0.5, 0.6) is 0 Å². The van der Waals surface area contributed by atoms with Gasteiger partial charge in [-0.25, -0.2) is 9.79 Å². The fourth-order valence-electron chi connectivity index (χ4n) is 4.44. The standard InChI is InChI=1S/C25H44N14O8/c1-10-19(42)35-13(7-27)20(43)36-15(9-32-25(30)47)22(45)39-18(12-6-17(41)38-24(29)37-12)23(46)31-8-14(21(44)33-10)34-16(40)5-11(28)3-2-4-26/h9-14,17-18,41H,2-8,26-28H2,1H3,(H,31,46)(H,33,44)(H,34,40)(H,35,42)(H,36,43)(H,39,45)(H3,29,37,38)(H3,30,32,47)/t10-,11-,12?,13-,14-,17+,18-/m0/s1. The van der Waals surface area contributed by atoms with Gasteiger partial charge in [-0.3, -0.25) is 28.8 Å². The molecule has 0 radical (unpaired) electrons. The van der Waals surface area contributed by atoms with Gasteiger partial charge < -0.3 is 76.3 Å². The highest BCUT2D eigenvalue weighted by atomic mass is 16.3. The number of guanidine groups is 1. The van der Waals surface area contributed by atoms with Crippen molar-refractivity contribution in [1.29, 1.82) is 0 Å². The van der Waals surface area contributed by atoms with Crippen molar-refractivity contribution in [2.24, 2.45) is 33.7 Å². The van der Waals surface area contributed by atoms with E-state index in [0.29, 0.717) is 19.4 Å². The summed E-state index contributed by atoms with van der Waals surface area (Å²) in [5, 5.41) is 29.1. The van der Waals surface area contributed by atoms with E-state index in [1.165, 1.54) is 6.92 Å². The van der Waals surface area contributed by atoms with Crippen molar-refractivity contribution in [3.8, 4) is 0 Å². The van der Waals surface area contributed by atoms with Crippen LogP contribution < -0.4 is 71.2 Å². The number of aliphatic hydroxyl groups excluding tert-OH is 1. The molecule has 1 saturated heterocycles. The molecule has 2 rings (SSSR count). The van der Waals surface area contributed by atoms with Crippen molar-refractivity contribution in [3.05, 3.63) is 11.9 Å². The summed E-state index contributed by atoms with van der Waals surface area (Å²) in [5.41, 5.74) is 27.4. The largest absolute Gasteiger partial charge is 0.372 e. The lowest BCUT2D eigenvalue weighted by Crippen LogP contribution is -2.64. The van der Waals surface area contributed by atoms with Crippen molar-refractivity contribution in [1.82, 2.24) is 42.5 Å². The number of hydrogen-bond acceptors (Lipinski definition) is 14. The van der Waals surface area contributed by atoms with Crippen LogP contribution in [0.2, 0.25) is 0 Å². The normalized spacial score (nSPS) is 27.9. The van der Waals surface area contributed by atoms with Gasteiger partial charge in [-0.2, -0.15) is 0 Å². The molecule has 8 amide bonds. The first kappa shape index (κ1) is 38.1. The Morgan fingerprint density at radius 1 is 1.04 bits per heavy atom. The Bertz CT molecular complexity index is 1260. The van der Waals surface area contributed by atoms with Gasteiger partial charge in [0.05, 0.1) is 6.04 Å². The maximum absolute atomic E-state index is 13.6. The molecular weight excluding hydrogens is 624 g/mol. The number of primary amides is 1. The molecule has 1 fully saturated rings. The minimum absolute atomic E-state index is 0.184. The summed E-state index contributed by atoms with van der Waals surface area (Å²) >= 11 is 0. The van der Waals surface area contributed by atoms with Crippen LogP contribution in [0.15, 0.2) is 16.9 Å². The van der Waals surface area contributed by atoms with Crippen molar-refractivity contribution in [2.45, 2.75) is 75.1 Å². The van der Waals surface area contributed by atoms with E-state index in [1.54, 1.807) is 0 Å². The number of hydrogen-bond donors (Lipinski definition) is 14. The summed E-state index contributed by atoms with van der Waals surface area (Å²) in [5.74, 6) is -5.73. The predicted octanol–water partition coefficient (Wildman–Crippen LogP) is -7.89. The van der Waals surface area contributed by atoms with E-state index in [1.807, 2.05) is 5.32 Å². The fourth-order valence-corrected chi connectivity index (χ4v) is 4.44. The minimum atomic E-state index is -1.57. The predicted molar refractivity (Wildman–Crippen MR) is 164 cm³/mol. The maximum atomic E-state index is 13.6. The molecule has 19 N–H and O–H groups in total. The van der Waals surface area contributed by atoms with Gasteiger partial charge in [0.15, 0.2) is 12.2 Å². The fraction of sp³-hybridized carbons (Fsp3) is 0.600. The van der Waals surface area contributed by atoms with E-state index >= 15 is 0 Å². The Morgan fingerprint density at radius 2 is 1.74 bits per heavy atom. The lowest BCUT2D eigenvalue weighted by molar-refractivity contribution is -0.134. The van der Waals surface area contributed by atoms with Gasteiger partial charge in [-0.05, 0) is 26.3 Å². The summed E-state index contributed by atoms with van der Waals surface area (Å²) in [7, 11) is 0. The molecule has 0 bridgehead atoms. The van der Waals surface area contributed by atoms with Gasteiger partial charge in [0.2, 0.25) is 29.5 Å². The Morgan fingerprint density at radius 3 is 2.36 bits per heavy atom. The Labute approximate surface area is 269 Å². The molecule has 1 unspecified atom stereocenters. The first-order chi connectivity index (χ1) is 22.1. The zero-order valence-electron chi connectivity index (χ0n) is 25.7. The molecule has 2 aliphatic heterocycles. The molecule has 0 spiro atoms. The van der Waals surface area contributed by atoms with E-state index in [0.717, 1.165) is 6.20 Å². The second-order valence-electron chi connectivity index (χ2n) is 10.8. The molecule has 0 saturated carbocycles. The van der Waals surface area contributed by atoms with Gasteiger partial charge in [0.1, 0.15) is 29.9 Å². The van der Waals surface area contributed by atoms with Crippen molar-refractivity contribution in [3.63, 3.8) is 0 Å². The topological polar surface area (TPSA) is 378 Å². The SMILES string of the molecule is C[C@@H]1NC(=O)[C@@H](NC(=O)C[C@@H](N)CCCN)CNC(=O)[C@H](C2C[C@@H](O)N=C(N)N2)NC(=O)C(=CNC(N)=O)NC(=O)[C@H](CN)NC1=O. The van der Waals surface area contributed by atoms with E-state index in [9.17, 15) is 38.7 Å². The van der Waals surface area contributed by atoms with Gasteiger partial charge in [0.25, 0.3) is 5.91 Å². The molecule has 0 aromatic heterocycles. The van der Waals surface area contributed by atoms with Gasteiger partial charge >= 0.3 is 6.03 Å². The number of nitrogens with zero attached hydrogens (tertiary/aromatic N) is 1. The summed E-state index contributed by atoms with van der Waals surface area (Å²) in [6.07, 6.45) is -0.0429. The number of carbonyl (C=O) groups excluding carboxylic acids is 7. The third-order valence-electron chi connectivity index (χ3n) is 6.90. The number of aliphatic imine (C=N–C) groups is 1. The molecule has 2 heterocycles. The molecular formula is C25H44N14O8. The van der Waals surface area contributed by atoms with Crippen molar-refractivity contribution < 1.29 is 38.7 Å². The van der Waals surface area contributed by atoms with Crippen LogP contribution in [0.3, 0.4) is 0 Å². The van der Waals surface area contributed by atoms with E-state index in [4.69, 9.17) is 28.7 Å². The molecule has 0 aromatic rings. The van der Waals surface area contributed by atoms with Crippen LogP contribution >= 0.6 is 0 Å². The molecule has 22 nitrogen and oxygen atoms in total. The summed E-state index contributed by atoms with van der Waals surface area (Å²) < 4.78 is 0. The van der Waals surface area contributed by atoms with E-state index in [-0.39, 0.29) is 18.8 Å². The van der Waals surface area contributed by atoms with Crippen LogP contribution in [-0.2, 0) is 28.8 Å². The lowest BCUT2D eigenvalue weighted by atomic mass is 10.0. The Balaban J connectivity index is 2.50. The van der Waals surface area contributed by atoms with Crippen LogP contribution in [0.1, 0.15) is 32.6 Å². The van der Waals surface area contributed by atoms with Gasteiger partial charge in [-0.1, -0.05) is 0 Å². The summed E-state index contributed by atoms with van der Waals surface area (Å²) in [6, 6.07) is -8.52. The lowest BCUT2D eigenvalue weighted by Gasteiger charge is -2.33. The second-order valence-corrected chi connectivity index (χ2v) is 10.8. The molecule has 47 heavy (non-hydrogen) atoms. The summed E-state index contributed by atoms with van der Waals surface area (Å²) in [4.78, 5) is 94.0. The third kappa shape index (κ3) is 12.3. The van der Waals surface area contributed by atoms with Crippen LogP contribution in [0.4, 0.5) is 4.79 Å². The second kappa shape index (κ2) is 18.2. The molecule has 0 aliphatic carbocycles. The quantitative estimate of drug-likeness (QED) is 0.102. The molecule has 22 heteroatoms. The third-order valence-corrected chi connectivity index (χ3v) is 6.90. The van der Waals surface area contributed by atoms with Crippen LogP contribution in [0, 0.1) is 0 Å². The van der Waals surface area contributed by atoms with Crippen molar-refractivity contribution in [2.75, 3.05) is 19.6 Å². The number of nitrogens with one attached hydrogen (secondary N) is 8. The van der Waals surface area contributed by atoms with Gasteiger partial charge in [-0.15, -0.1) is 0 Å². The Hall–Kier alpha value is -5.06. The maximum Gasteiger partial charge on any atom is 0.316 e. The average Bonchev–Trinajstić information content (AvgIpc) is 2.99. The highest BCUT2D eigenvalue weighted by molar-refractivity contribution is 6.02. The van der Waals surface area contributed by atoms with Crippen LogP contribution in [0.25, 0.3) is 0 Å². The van der Waals surface area contributed by atoms with Gasteiger partial charge in [0, 0.05) is 38.2 Å². The zero-order valence-corrected chi connectivity index (χ0v) is 25.7. The first-order valence-corrected chi connectivity index (χ1v) is 14.6. The molecule has 7 atom stereocenters. The number of carbonyl (C=O) groups is 7. The monoisotopic (exact) mass is 668 g/mol. The number of amides is 8. The minimum Gasteiger partial charge on any atom is -0.372 e.